The first-order chi connectivity index (χ1) is 24.8. The molecule has 8 bridgehead atoms. The monoisotopic (exact) mass is 744 g/mol. The van der Waals surface area contributed by atoms with Gasteiger partial charge >= 0.3 is 17.1 Å². The summed E-state index contributed by atoms with van der Waals surface area (Å²) in [6.45, 7) is 18.2. The third-order valence-corrected chi connectivity index (χ3v) is 11.8. The molecule has 3 aromatic heterocycles. The zero-order valence-corrected chi connectivity index (χ0v) is 32.6. The summed E-state index contributed by atoms with van der Waals surface area (Å²) in [5.74, 6) is 1.93. The number of para-hydroxylation sites is 2. The van der Waals surface area contributed by atoms with Crippen molar-refractivity contribution in [1.82, 2.24) is 24.1 Å². The fourth-order valence-electron chi connectivity index (χ4n) is 8.65. The van der Waals surface area contributed by atoms with Gasteiger partial charge in [-0.2, -0.15) is 0 Å². The topological polar surface area (TPSA) is 62.1 Å². The molecule has 6 nitrogen and oxygen atoms in total. The largest absolute Gasteiger partial charge is 1.00 e. The molecule has 0 amide bonds. The maximum atomic E-state index is 5.68. The number of rotatable bonds is 2. The van der Waals surface area contributed by atoms with Gasteiger partial charge in [0.1, 0.15) is 11.6 Å². The van der Waals surface area contributed by atoms with Crippen molar-refractivity contribution in [3.8, 4) is 11.4 Å². The van der Waals surface area contributed by atoms with Gasteiger partial charge in [-0.05, 0) is 68.3 Å². The molecule has 270 valence electrons. The van der Waals surface area contributed by atoms with Gasteiger partial charge < -0.3 is 14.1 Å². The van der Waals surface area contributed by atoms with Crippen molar-refractivity contribution in [2.75, 3.05) is 0 Å². The third-order valence-electron chi connectivity index (χ3n) is 11.8. The zero-order valence-electron chi connectivity index (χ0n) is 31.6. The standard InChI is InChI=1S/C46H45N6.Cu/c1-43(2)35-27-51(29-19-11-9-12-20-29)41(47-35)46(7,8)40-34-26-18-16-24-32(34)38(50-40)44(3,4)36-28-52(30-21-13-10-14-22-30)42(48-36)45(5,6)39-33-25-17-15-23-31(33)37(43)49-39;/h9-28,31H,1-8H3;/q-1;+1. The first-order valence-electron chi connectivity index (χ1n) is 18.4. The quantitative estimate of drug-likeness (QED) is 0.166. The number of allylic oxidation sites excluding steroid dienone is 6. The predicted octanol–water partition coefficient (Wildman–Crippen LogP) is 9.84. The second-order valence-electron chi connectivity index (χ2n) is 16.7. The van der Waals surface area contributed by atoms with Crippen molar-refractivity contribution in [1.29, 1.82) is 0 Å². The number of hydrogen-bond donors (Lipinski definition) is 0. The molecule has 3 aliphatic rings. The van der Waals surface area contributed by atoms with Crippen LogP contribution in [0.3, 0.4) is 0 Å². The van der Waals surface area contributed by atoms with E-state index in [2.05, 4.69) is 186 Å². The Bertz CT molecular complexity index is 2510. The van der Waals surface area contributed by atoms with Gasteiger partial charge in [-0.25, -0.2) is 9.97 Å². The van der Waals surface area contributed by atoms with E-state index in [4.69, 9.17) is 19.9 Å². The molecule has 0 saturated carbocycles. The maximum Gasteiger partial charge on any atom is 1.00 e. The van der Waals surface area contributed by atoms with Gasteiger partial charge in [-0.1, -0.05) is 113 Å². The van der Waals surface area contributed by atoms with Crippen LogP contribution in [0.25, 0.3) is 22.1 Å². The van der Waals surface area contributed by atoms with Crippen LogP contribution < -0.4 is 4.98 Å². The zero-order chi connectivity index (χ0) is 36.2. The van der Waals surface area contributed by atoms with Crippen LogP contribution in [0.1, 0.15) is 89.8 Å². The van der Waals surface area contributed by atoms with Crippen molar-refractivity contribution in [3.05, 3.63) is 167 Å². The second-order valence-corrected chi connectivity index (χ2v) is 16.7. The first kappa shape index (κ1) is 35.1. The number of hydrogen-bond acceptors (Lipinski definition) is 3. The summed E-state index contributed by atoms with van der Waals surface area (Å²) < 4.78 is 4.56. The Balaban J connectivity index is 0.00000400. The molecule has 53 heavy (non-hydrogen) atoms. The minimum Gasteiger partial charge on any atom is -0.662 e. The van der Waals surface area contributed by atoms with Gasteiger partial charge in [0.05, 0.1) is 22.5 Å². The molecule has 0 spiro atoms. The molecule has 0 N–H and O–H groups in total. The number of nitrogens with zero attached hydrogens (tertiary/aromatic N) is 6. The number of fused-ring (bicyclic) bond motifs is 12. The Labute approximate surface area is 323 Å². The molecule has 5 heterocycles. The van der Waals surface area contributed by atoms with E-state index < -0.39 is 21.7 Å². The van der Waals surface area contributed by atoms with E-state index >= 15 is 0 Å². The molecular weight excluding hydrogens is 700 g/mol. The van der Waals surface area contributed by atoms with Gasteiger partial charge in [0.25, 0.3) is 0 Å². The molecule has 0 radical (unpaired) electrons. The number of aliphatic imine (C=N–C) groups is 1. The van der Waals surface area contributed by atoms with Crippen LogP contribution in [-0.4, -0.2) is 24.8 Å². The van der Waals surface area contributed by atoms with Crippen molar-refractivity contribution in [2.24, 2.45) is 10.9 Å². The van der Waals surface area contributed by atoms with E-state index in [-0.39, 0.29) is 23.0 Å². The molecule has 1 atom stereocenters. The molecule has 1 unspecified atom stereocenters. The second kappa shape index (κ2) is 12.0. The molecule has 2 aliphatic heterocycles. The third kappa shape index (κ3) is 5.08. The summed E-state index contributed by atoms with van der Waals surface area (Å²) in [4.78, 5) is 22.6. The van der Waals surface area contributed by atoms with Gasteiger partial charge in [-0.3, -0.25) is 4.99 Å². The van der Waals surface area contributed by atoms with Crippen LogP contribution >= 0.6 is 0 Å². The van der Waals surface area contributed by atoms with Crippen LogP contribution in [0.2, 0.25) is 0 Å². The smallest absolute Gasteiger partial charge is 0.662 e. The van der Waals surface area contributed by atoms with Crippen molar-refractivity contribution in [2.45, 2.75) is 77.0 Å². The Kier molecular flexibility index (Phi) is 7.96. The molecule has 0 fully saturated rings. The van der Waals surface area contributed by atoms with E-state index in [1.807, 2.05) is 0 Å². The Morgan fingerprint density at radius 2 is 1.06 bits per heavy atom. The van der Waals surface area contributed by atoms with Gasteiger partial charge in [-0.15, -0.1) is 11.4 Å². The van der Waals surface area contributed by atoms with E-state index in [0.29, 0.717) is 0 Å². The van der Waals surface area contributed by atoms with Crippen molar-refractivity contribution < 1.29 is 17.1 Å². The summed E-state index contributed by atoms with van der Waals surface area (Å²) in [5, 5.41) is 2.29. The summed E-state index contributed by atoms with van der Waals surface area (Å²) >= 11 is 0. The fraction of sp³-hybridized carbons (Fsp3) is 0.283. The number of benzene rings is 3. The van der Waals surface area contributed by atoms with Crippen LogP contribution in [0.4, 0.5) is 0 Å². The minimum absolute atomic E-state index is 0. The normalized spacial score (nSPS) is 20.2. The van der Waals surface area contributed by atoms with E-state index in [9.17, 15) is 0 Å². The number of imidazole rings is 2. The van der Waals surface area contributed by atoms with Crippen LogP contribution in [0.15, 0.2) is 138 Å². The van der Waals surface area contributed by atoms with E-state index in [0.717, 1.165) is 68.0 Å². The average Bonchev–Trinajstić information content (AvgIpc) is 3.95. The van der Waals surface area contributed by atoms with E-state index in [1.165, 1.54) is 5.57 Å². The van der Waals surface area contributed by atoms with Crippen LogP contribution in [0.5, 0.6) is 0 Å². The summed E-state index contributed by atoms with van der Waals surface area (Å²) in [7, 11) is 0. The maximum absolute atomic E-state index is 5.68. The van der Waals surface area contributed by atoms with Crippen LogP contribution in [0, 0.1) is 5.92 Å². The Hall–Kier alpha value is -4.97. The molecule has 9 rings (SSSR count). The van der Waals surface area contributed by atoms with Crippen LogP contribution in [-0.2, 0) is 38.7 Å². The first-order valence-corrected chi connectivity index (χ1v) is 18.4. The SMILES string of the molecule is CC1(C)C2=NC(=C3C=CC=CC23)C(C)(C)c2nc(cn2-c2ccccc2)C(C)(C)c2[n-]c(c3ccccc23)C(C)(C)c2nc1cn2-c1ccccc1.[Cu+]. The van der Waals surface area contributed by atoms with E-state index in [1.54, 1.807) is 0 Å². The summed E-state index contributed by atoms with van der Waals surface area (Å²) in [5.41, 5.74) is 7.34. The predicted molar refractivity (Wildman–Crippen MR) is 211 cm³/mol. The van der Waals surface area contributed by atoms with Crippen molar-refractivity contribution in [3.63, 3.8) is 0 Å². The summed E-state index contributed by atoms with van der Waals surface area (Å²) in [6.07, 6.45) is 13.3. The van der Waals surface area contributed by atoms with Gasteiger partial charge in [0.15, 0.2) is 0 Å². The van der Waals surface area contributed by atoms with Gasteiger partial charge in [0, 0.05) is 51.6 Å². The molecule has 7 heteroatoms. The molecule has 1 aliphatic carbocycles. The molecule has 6 aromatic rings. The minimum atomic E-state index is -0.564. The molecular formula is C46H45CuN6. The fourth-order valence-corrected chi connectivity index (χ4v) is 8.65. The van der Waals surface area contributed by atoms with Crippen molar-refractivity contribution >= 4 is 16.5 Å². The molecule has 3 aromatic carbocycles. The number of aromatic nitrogens is 5. The molecule has 0 saturated heterocycles. The average molecular weight is 745 g/mol. The summed E-state index contributed by atoms with van der Waals surface area (Å²) in [6, 6.07) is 29.8. The Morgan fingerprint density at radius 3 is 1.62 bits per heavy atom. The van der Waals surface area contributed by atoms with Gasteiger partial charge in [0.2, 0.25) is 0 Å². The Morgan fingerprint density at radius 1 is 0.566 bits per heavy atom.